The number of benzene rings is 1. The van der Waals surface area contributed by atoms with Crippen molar-refractivity contribution in [1.29, 1.82) is 0 Å². The molecule has 2 aromatic rings. The summed E-state index contributed by atoms with van der Waals surface area (Å²) in [7, 11) is 1.64. The Morgan fingerprint density at radius 2 is 2.15 bits per heavy atom. The van der Waals surface area contributed by atoms with E-state index >= 15 is 0 Å². The number of aliphatic hydroxyl groups excluding tert-OH is 1. The van der Waals surface area contributed by atoms with Crippen molar-refractivity contribution in [3.8, 4) is 5.75 Å². The fourth-order valence-electron chi connectivity index (χ4n) is 5.00. The number of aliphatic hydroxyl groups is 1. The third-order valence-corrected chi connectivity index (χ3v) is 7.81. The van der Waals surface area contributed by atoms with Crippen molar-refractivity contribution in [3.63, 3.8) is 0 Å². The van der Waals surface area contributed by atoms with Crippen LogP contribution in [0.5, 0.6) is 5.75 Å². The number of pyridine rings is 1. The van der Waals surface area contributed by atoms with Crippen molar-refractivity contribution >= 4 is 28.6 Å². The molecule has 6 nitrogen and oxygen atoms in total. The Bertz CT molecular complexity index is 894. The van der Waals surface area contributed by atoms with Gasteiger partial charge in [0, 0.05) is 24.5 Å². The predicted octanol–water partition coefficient (Wildman–Crippen LogP) is 5.00. The molecule has 1 aromatic heterocycles. The highest BCUT2D eigenvalue weighted by Crippen LogP contribution is 2.35. The molecule has 1 saturated heterocycles. The summed E-state index contributed by atoms with van der Waals surface area (Å²) in [5.41, 5.74) is 1.73. The molecule has 0 aliphatic carbocycles. The summed E-state index contributed by atoms with van der Waals surface area (Å²) in [5, 5.41) is 21.2. The zero-order valence-corrected chi connectivity index (χ0v) is 20.7. The van der Waals surface area contributed by atoms with Gasteiger partial charge in [-0.1, -0.05) is 6.92 Å². The van der Waals surface area contributed by atoms with Crippen LogP contribution in [0.15, 0.2) is 30.5 Å². The molecule has 0 bridgehead atoms. The zero-order valence-electron chi connectivity index (χ0n) is 19.9. The van der Waals surface area contributed by atoms with Gasteiger partial charge < -0.3 is 19.8 Å². The number of carboxylic acids is 1. The molecule has 1 fully saturated rings. The third kappa shape index (κ3) is 7.59. The van der Waals surface area contributed by atoms with Gasteiger partial charge in [0.15, 0.2) is 0 Å². The predicted molar refractivity (Wildman–Crippen MR) is 135 cm³/mol. The van der Waals surface area contributed by atoms with E-state index in [0.29, 0.717) is 24.7 Å². The standard InChI is InChI=1S/C26H38N2O4S/c1-3-33-16-4-14-28-15-12-19(20(18-28)6-10-26(30)31)5-9-25(29)22-11-13-27-24-8-7-21(32-2)17-23(22)24/h7-8,11,13,17,19-20,25,29H,3-6,9-10,12,14-16,18H2,1-2H3,(H,30,31)/t19-,20+,25?/m1/s1. The van der Waals surface area contributed by atoms with Gasteiger partial charge in [-0.25, -0.2) is 0 Å². The second kappa shape index (κ2) is 13.2. The van der Waals surface area contributed by atoms with Crippen LogP contribution in [0, 0.1) is 11.8 Å². The first-order valence-electron chi connectivity index (χ1n) is 12.1. The maximum absolute atomic E-state index is 11.2. The summed E-state index contributed by atoms with van der Waals surface area (Å²) < 4.78 is 5.36. The Balaban J connectivity index is 1.62. The molecule has 3 rings (SSSR count). The number of rotatable bonds is 13. The van der Waals surface area contributed by atoms with Crippen molar-refractivity contribution < 1.29 is 19.7 Å². The Hall–Kier alpha value is -1.83. The topological polar surface area (TPSA) is 82.9 Å². The monoisotopic (exact) mass is 474 g/mol. The molecular formula is C26H38N2O4S. The molecule has 1 aliphatic heterocycles. The van der Waals surface area contributed by atoms with Crippen LogP contribution < -0.4 is 4.74 Å². The number of piperidine rings is 1. The first kappa shape index (κ1) is 25.8. The van der Waals surface area contributed by atoms with Gasteiger partial charge >= 0.3 is 5.97 Å². The summed E-state index contributed by atoms with van der Waals surface area (Å²) in [5.74, 6) is 3.20. The van der Waals surface area contributed by atoms with Crippen LogP contribution in [0.4, 0.5) is 0 Å². The molecule has 1 unspecified atom stereocenters. The van der Waals surface area contributed by atoms with Crippen LogP contribution in [0.25, 0.3) is 10.9 Å². The molecule has 0 amide bonds. The van der Waals surface area contributed by atoms with E-state index in [2.05, 4.69) is 16.8 Å². The lowest BCUT2D eigenvalue weighted by Gasteiger charge is -2.39. The summed E-state index contributed by atoms with van der Waals surface area (Å²) >= 11 is 1.98. The number of fused-ring (bicyclic) bond motifs is 1. The van der Waals surface area contributed by atoms with Crippen LogP contribution in [0.1, 0.15) is 57.1 Å². The lowest BCUT2D eigenvalue weighted by Crippen LogP contribution is -2.41. The number of likely N-dealkylation sites (tertiary alicyclic amines) is 1. The number of methoxy groups -OCH3 is 1. The van der Waals surface area contributed by atoms with Crippen LogP contribution in [-0.2, 0) is 4.79 Å². The number of ether oxygens (including phenoxy) is 1. The molecule has 0 spiro atoms. The van der Waals surface area contributed by atoms with E-state index < -0.39 is 12.1 Å². The summed E-state index contributed by atoms with van der Waals surface area (Å²) in [6, 6.07) is 7.63. The fraction of sp³-hybridized carbons (Fsp3) is 0.615. The summed E-state index contributed by atoms with van der Waals surface area (Å²) in [6.45, 7) is 5.32. The highest BCUT2D eigenvalue weighted by atomic mass is 32.2. The maximum Gasteiger partial charge on any atom is 0.303 e. The van der Waals surface area contributed by atoms with Crippen LogP contribution in [-0.4, -0.2) is 64.3 Å². The molecule has 0 saturated carbocycles. The van der Waals surface area contributed by atoms with E-state index in [0.717, 1.165) is 60.4 Å². The lowest BCUT2D eigenvalue weighted by atomic mass is 9.79. The lowest BCUT2D eigenvalue weighted by molar-refractivity contribution is -0.137. The van der Waals surface area contributed by atoms with Crippen molar-refractivity contribution in [1.82, 2.24) is 9.88 Å². The molecular weight excluding hydrogens is 436 g/mol. The third-order valence-electron chi connectivity index (χ3n) is 6.82. The molecule has 3 atom stereocenters. The van der Waals surface area contributed by atoms with Gasteiger partial charge in [-0.3, -0.25) is 9.78 Å². The normalized spacial score (nSPS) is 20.1. The van der Waals surface area contributed by atoms with E-state index in [4.69, 9.17) is 4.74 Å². The minimum atomic E-state index is -0.720. The van der Waals surface area contributed by atoms with Gasteiger partial charge in [-0.15, -0.1) is 0 Å². The van der Waals surface area contributed by atoms with Gasteiger partial charge in [0.05, 0.1) is 18.7 Å². The van der Waals surface area contributed by atoms with Gasteiger partial charge in [0.2, 0.25) is 0 Å². The molecule has 0 radical (unpaired) electrons. The van der Waals surface area contributed by atoms with E-state index in [-0.39, 0.29) is 6.42 Å². The van der Waals surface area contributed by atoms with Gasteiger partial charge in [0.25, 0.3) is 0 Å². The fourth-order valence-corrected chi connectivity index (χ4v) is 5.62. The number of carboxylic acid groups (broad SMARTS) is 1. The van der Waals surface area contributed by atoms with Crippen molar-refractivity contribution in [2.45, 2.75) is 51.6 Å². The largest absolute Gasteiger partial charge is 0.497 e. The van der Waals surface area contributed by atoms with Gasteiger partial charge in [0.1, 0.15) is 5.75 Å². The highest BCUT2D eigenvalue weighted by molar-refractivity contribution is 7.99. The Morgan fingerprint density at radius 3 is 2.91 bits per heavy atom. The molecule has 2 heterocycles. The minimum absolute atomic E-state index is 0.220. The number of thioether (sulfide) groups is 1. The Labute approximate surface area is 201 Å². The van der Waals surface area contributed by atoms with Crippen LogP contribution >= 0.6 is 11.8 Å². The Morgan fingerprint density at radius 1 is 1.30 bits per heavy atom. The average Bonchev–Trinajstić information content (AvgIpc) is 2.83. The molecule has 2 N–H and O–H groups in total. The van der Waals surface area contributed by atoms with Crippen LogP contribution in [0.3, 0.4) is 0 Å². The molecule has 33 heavy (non-hydrogen) atoms. The smallest absolute Gasteiger partial charge is 0.303 e. The quantitative estimate of drug-likeness (QED) is 0.395. The zero-order chi connectivity index (χ0) is 23.6. The number of aromatic nitrogens is 1. The highest BCUT2D eigenvalue weighted by Gasteiger charge is 2.30. The second-order valence-corrected chi connectivity index (χ2v) is 10.4. The number of carbonyl (C=O) groups is 1. The molecule has 7 heteroatoms. The van der Waals surface area contributed by atoms with Crippen LogP contribution in [0.2, 0.25) is 0 Å². The average molecular weight is 475 g/mol. The minimum Gasteiger partial charge on any atom is -0.497 e. The van der Waals surface area contributed by atoms with Gasteiger partial charge in [-0.2, -0.15) is 11.8 Å². The summed E-state index contributed by atoms with van der Waals surface area (Å²) in [4.78, 5) is 18.2. The first-order valence-corrected chi connectivity index (χ1v) is 13.3. The Kier molecular flexibility index (Phi) is 10.3. The molecule has 1 aliphatic rings. The van der Waals surface area contributed by atoms with Crippen molar-refractivity contribution in [2.24, 2.45) is 11.8 Å². The van der Waals surface area contributed by atoms with E-state index in [9.17, 15) is 15.0 Å². The number of nitrogens with zero attached hydrogens (tertiary/aromatic N) is 2. The number of hydrogen-bond acceptors (Lipinski definition) is 6. The van der Waals surface area contributed by atoms with E-state index in [1.165, 1.54) is 12.2 Å². The number of hydrogen-bond donors (Lipinski definition) is 2. The molecule has 182 valence electrons. The van der Waals surface area contributed by atoms with Crippen molar-refractivity contribution in [2.75, 3.05) is 38.2 Å². The van der Waals surface area contributed by atoms with Gasteiger partial charge in [-0.05, 0) is 98.4 Å². The SMILES string of the molecule is CCSCCCN1CC[C@@H](CCC(O)c2ccnc3ccc(OC)cc23)[C@@H](CCC(=O)O)C1. The van der Waals surface area contributed by atoms with E-state index in [1.54, 1.807) is 13.3 Å². The second-order valence-electron chi connectivity index (χ2n) is 8.97. The number of aliphatic carboxylic acids is 1. The summed E-state index contributed by atoms with van der Waals surface area (Å²) in [6.07, 6.45) is 5.93. The molecule has 1 aromatic carbocycles. The first-order chi connectivity index (χ1) is 16.0. The maximum atomic E-state index is 11.2. The van der Waals surface area contributed by atoms with Crippen molar-refractivity contribution in [3.05, 3.63) is 36.0 Å². The van der Waals surface area contributed by atoms with E-state index in [1.807, 2.05) is 36.0 Å².